The summed E-state index contributed by atoms with van der Waals surface area (Å²) >= 11 is 0. The van der Waals surface area contributed by atoms with Gasteiger partial charge in [-0.2, -0.15) is 0 Å². The number of rotatable bonds is 4. The maximum atomic E-state index is 12.9. The number of carbonyl (C=O) groups is 1. The van der Waals surface area contributed by atoms with Crippen LogP contribution in [0.4, 0.5) is 8.78 Å². The molecule has 0 unspecified atom stereocenters. The second-order valence-electron chi connectivity index (χ2n) is 4.77. The van der Waals surface area contributed by atoms with E-state index >= 15 is 0 Å². The van der Waals surface area contributed by atoms with Crippen molar-refractivity contribution in [3.63, 3.8) is 0 Å². The van der Waals surface area contributed by atoms with E-state index in [1.54, 1.807) is 0 Å². The summed E-state index contributed by atoms with van der Waals surface area (Å²) in [5.41, 5.74) is 0.153. The van der Waals surface area contributed by atoms with Crippen LogP contribution in [0.1, 0.15) is 48.9 Å². The van der Waals surface area contributed by atoms with Crippen LogP contribution in [0.25, 0.3) is 0 Å². The molecule has 2 rings (SSSR count). The number of benzene rings is 1. The van der Waals surface area contributed by atoms with Crippen molar-refractivity contribution in [1.82, 2.24) is 0 Å². The summed E-state index contributed by atoms with van der Waals surface area (Å²) < 4.78 is 25.9. The lowest BCUT2D eigenvalue weighted by Gasteiger charge is -2.07. The third-order valence-electron chi connectivity index (χ3n) is 3.44. The van der Waals surface area contributed by atoms with E-state index in [1.807, 2.05) is 0 Å². The van der Waals surface area contributed by atoms with Gasteiger partial charge in [0.05, 0.1) is 0 Å². The Labute approximate surface area is 99.8 Å². The minimum atomic E-state index is -0.686. The summed E-state index contributed by atoms with van der Waals surface area (Å²) in [6.07, 6.45) is 6.10. The number of carbonyl (C=O) groups excluding carboxylic acids is 1. The van der Waals surface area contributed by atoms with Gasteiger partial charge in [0.1, 0.15) is 11.6 Å². The van der Waals surface area contributed by atoms with E-state index in [4.69, 9.17) is 0 Å². The lowest BCUT2D eigenvalue weighted by molar-refractivity contribution is 0.0973. The van der Waals surface area contributed by atoms with Crippen molar-refractivity contribution in [3.8, 4) is 0 Å². The average molecular weight is 238 g/mol. The van der Waals surface area contributed by atoms with E-state index < -0.39 is 11.6 Å². The standard InChI is InChI=1S/C14H16F2O/c15-12-7-11(8-13(16)9-12)14(17)6-5-10-3-1-2-4-10/h7-10H,1-6H2. The predicted molar refractivity (Wildman–Crippen MR) is 61.9 cm³/mol. The Kier molecular flexibility index (Phi) is 3.87. The van der Waals surface area contributed by atoms with Gasteiger partial charge in [0, 0.05) is 18.1 Å². The number of hydrogen-bond donors (Lipinski definition) is 0. The molecule has 1 saturated carbocycles. The molecule has 0 amide bonds. The molecule has 0 saturated heterocycles. The van der Waals surface area contributed by atoms with Crippen LogP contribution in [0.15, 0.2) is 18.2 Å². The van der Waals surface area contributed by atoms with Gasteiger partial charge in [0.2, 0.25) is 0 Å². The minimum Gasteiger partial charge on any atom is -0.294 e. The lowest BCUT2D eigenvalue weighted by Crippen LogP contribution is -2.04. The molecule has 17 heavy (non-hydrogen) atoms. The third-order valence-corrected chi connectivity index (χ3v) is 3.44. The Bertz CT molecular complexity index is 388. The van der Waals surface area contributed by atoms with Gasteiger partial charge in [-0.15, -0.1) is 0 Å². The number of halogens is 2. The molecule has 1 nitrogen and oxygen atoms in total. The average Bonchev–Trinajstić information content (AvgIpc) is 2.77. The van der Waals surface area contributed by atoms with Gasteiger partial charge in [0.25, 0.3) is 0 Å². The largest absolute Gasteiger partial charge is 0.294 e. The van der Waals surface area contributed by atoms with E-state index in [9.17, 15) is 13.6 Å². The van der Waals surface area contributed by atoms with Crippen LogP contribution in [0.3, 0.4) is 0 Å². The number of ketones is 1. The van der Waals surface area contributed by atoms with Crippen LogP contribution in [-0.2, 0) is 0 Å². The van der Waals surface area contributed by atoms with E-state index in [0.29, 0.717) is 12.3 Å². The molecule has 0 N–H and O–H groups in total. The normalized spacial score (nSPS) is 16.4. The maximum absolute atomic E-state index is 12.9. The van der Waals surface area contributed by atoms with Gasteiger partial charge in [-0.3, -0.25) is 4.79 Å². The van der Waals surface area contributed by atoms with Crippen LogP contribution in [0.2, 0.25) is 0 Å². The summed E-state index contributed by atoms with van der Waals surface area (Å²) in [6, 6.07) is 3.01. The zero-order valence-electron chi connectivity index (χ0n) is 9.72. The van der Waals surface area contributed by atoms with Gasteiger partial charge in [-0.1, -0.05) is 25.7 Å². The van der Waals surface area contributed by atoms with Crippen molar-refractivity contribution in [2.24, 2.45) is 5.92 Å². The maximum Gasteiger partial charge on any atom is 0.163 e. The van der Waals surface area contributed by atoms with E-state index in [2.05, 4.69) is 0 Å². The van der Waals surface area contributed by atoms with Crippen molar-refractivity contribution in [2.75, 3.05) is 0 Å². The highest BCUT2D eigenvalue weighted by atomic mass is 19.1. The molecule has 1 fully saturated rings. The van der Waals surface area contributed by atoms with Crippen molar-refractivity contribution in [1.29, 1.82) is 0 Å². The molecule has 0 spiro atoms. The summed E-state index contributed by atoms with van der Waals surface area (Å²) in [5, 5.41) is 0. The van der Waals surface area contributed by atoms with Crippen molar-refractivity contribution < 1.29 is 13.6 Å². The Morgan fingerprint density at radius 1 is 1.12 bits per heavy atom. The third kappa shape index (κ3) is 3.35. The summed E-state index contributed by atoms with van der Waals surface area (Å²) in [7, 11) is 0. The minimum absolute atomic E-state index is 0.153. The SMILES string of the molecule is O=C(CCC1CCCC1)c1cc(F)cc(F)c1. The van der Waals surface area contributed by atoms with Crippen molar-refractivity contribution >= 4 is 5.78 Å². The molecule has 0 bridgehead atoms. The molecule has 1 aliphatic rings. The van der Waals surface area contributed by atoms with Crippen LogP contribution < -0.4 is 0 Å². The first-order valence-electron chi connectivity index (χ1n) is 6.14. The Morgan fingerprint density at radius 2 is 1.71 bits per heavy atom. The smallest absolute Gasteiger partial charge is 0.163 e. The van der Waals surface area contributed by atoms with Gasteiger partial charge in [-0.25, -0.2) is 8.78 Å². The van der Waals surface area contributed by atoms with Gasteiger partial charge in [0.15, 0.2) is 5.78 Å². The monoisotopic (exact) mass is 238 g/mol. The molecule has 1 aliphatic carbocycles. The molecule has 0 atom stereocenters. The summed E-state index contributed by atoms with van der Waals surface area (Å²) in [4.78, 5) is 11.8. The highest BCUT2D eigenvalue weighted by molar-refractivity contribution is 5.96. The highest BCUT2D eigenvalue weighted by Crippen LogP contribution is 2.29. The van der Waals surface area contributed by atoms with Crippen molar-refractivity contribution in [2.45, 2.75) is 38.5 Å². The molecule has 0 aliphatic heterocycles. The van der Waals surface area contributed by atoms with E-state index in [1.165, 1.54) is 25.7 Å². The molecule has 1 aromatic rings. The van der Waals surface area contributed by atoms with Crippen LogP contribution in [0.5, 0.6) is 0 Å². The fourth-order valence-electron chi connectivity index (χ4n) is 2.49. The zero-order chi connectivity index (χ0) is 12.3. The Hall–Kier alpha value is -1.25. The molecule has 92 valence electrons. The molecule has 0 heterocycles. The molecule has 0 radical (unpaired) electrons. The quantitative estimate of drug-likeness (QED) is 0.721. The Morgan fingerprint density at radius 3 is 2.29 bits per heavy atom. The second-order valence-corrected chi connectivity index (χ2v) is 4.77. The second kappa shape index (κ2) is 5.39. The number of Topliss-reactive ketones (excluding diaryl/α,β-unsaturated/α-hetero) is 1. The predicted octanol–water partition coefficient (Wildman–Crippen LogP) is 4.12. The van der Waals surface area contributed by atoms with Crippen LogP contribution >= 0.6 is 0 Å². The Balaban J connectivity index is 1.94. The van der Waals surface area contributed by atoms with Gasteiger partial charge >= 0.3 is 0 Å². The molecule has 3 heteroatoms. The molecular formula is C14H16F2O. The molecule has 1 aromatic carbocycles. The fourth-order valence-corrected chi connectivity index (χ4v) is 2.49. The van der Waals surface area contributed by atoms with E-state index in [-0.39, 0.29) is 11.3 Å². The van der Waals surface area contributed by atoms with Crippen molar-refractivity contribution in [3.05, 3.63) is 35.4 Å². The lowest BCUT2D eigenvalue weighted by atomic mass is 9.97. The van der Waals surface area contributed by atoms with Gasteiger partial charge < -0.3 is 0 Å². The zero-order valence-corrected chi connectivity index (χ0v) is 9.72. The summed E-state index contributed by atoms with van der Waals surface area (Å²) in [5.74, 6) is -0.906. The first-order chi connectivity index (χ1) is 8.15. The van der Waals surface area contributed by atoms with Gasteiger partial charge in [-0.05, 0) is 24.5 Å². The van der Waals surface area contributed by atoms with Crippen LogP contribution in [0, 0.1) is 17.6 Å². The topological polar surface area (TPSA) is 17.1 Å². The first-order valence-corrected chi connectivity index (χ1v) is 6.14. The summed E-state index contributed by atoms with van der Waals surface area (Å²) in [6.45, 7) is 0. The molecule has 0 aromatic heterocycles. The highest BCUT2D eigenvalue weighted by Gasteiger charge is 2.17. The fraction of sp³-hybridized carbons (Fsp3) is 0.500. The molecular weight excluding hydrogens is 222 g/mol. The van der Waals surface area contributed by atoms with E-state index in [0.717, 1.165) is 24.6 Å². The van der Waals surface area contributed by atoms with Crippen LogP contribution in [-0.4, -0.2) is 5.78 Å². The number of hydrogen-bond acceptors (Lipinski definition) is 1. The first kappa shape index (κ1) is 12.2.